The van der Waals surface area contributed by atoms with Crippen molar-refractivity contribution in [1.82, 2.24) is 4.57 Å². The van der Waals surface area contributed by atoms with Crippen LogP contribution in [0.4, 0.5) is 0 Å². The second-order valence-corrected chi connectivity index (χ2v) is 7.05. The van der Waals surface area contributed by atoms with Crippen LogP contribution in [0.3, 0.4) is 0 Å². The lowest BCUT2D eigenvalue weighted by molar-refractivity contribution is -0.161. The molecule has 158 valence electrons. The first kappa shape index (κ1) is 21.3. The van der Waals surface area contributed by atoms with E-state index in [-0.39, 0.29) is 18.2 Å². The van der Waals surface area contributed by atoms with Gasteiger partial charge in [-0.05, 0) is 18.9 Å². The molecule has 1 unspecified atom stereocenters. The monoisotopic (exact) mass is 413 g/mol. The van der Waals surface area contributed by atoms with E-state index in [9.17, 15) is 19.2 Å². The summed E-state index contributed by atoms with van der Waals surface area (Å²) in [6.45, 7) is 0. The highest BCUT2D eigenvalue weighted by Crippen LogP contribution is 2.55. The Balaban J connectivity index is 1.68. The van der Waals surface area contributed by atoms with Crippen molar-refractivity contribution in [2.45, 2.75) is 19.3 Å². The maximum absolute atomic E-state index is 12.7. The van der Waals surface area contributed by atoms with E-state index < -0.39 is 23.3 Å². The molecule has 1 aliphatic carbocycles. The van der Waals surface area contributed by atoms with Gasteiger partial charge < -0.3 is 14.2 Å². The van der Waals surface area contributed by atoms with Crippen molar-refractivity contribution < 1.29 is 33.4 Å². The minimum Gasteiger partial charge on any atom is -0.468 e. The highest BCUT2D eigenvalue weighted by molar-refractivity contribution is 6.07. The van der Waals surface area contributed by atoms with E-state index in [1.165, 1.54) is 32.1 Å². The normalized spacial score (nSPS) is 17.0. The maximum atomic E-state index is 12.7. The van der Waals surface area contributed by atoms with Crippen molar-refractivity contribution >= 4 is 34.7 Å². The van der Waals surface area contributed by atoms with E-state index >= 15 is 0 Å². The minimum absolute atomic E-state index is 0.186. The molecule has 1 atom stereocenters. The number of nitrogens with zero attached hydrogens (tertiary/aromatic N) is 1. The Morgan fingerprint density at radius 3 is 2.37 bits per heavy atom. The Labute approximate surface area is 173 Å². The van der Waals surface area contributed by atoms with E-state index in [1.54, 1.807) is 36.4 Å². The number of hydrogen-bond donors (Lipinski definition) is 0. The van der Waals surface area contributed by atoms with Crippen molar-refractivity contribution in [1.29, 1.82) is 0 Å². The van der Waals surface area contributed by atoms with Gasteiger partial charge in [0, 0.05) is 23.9 Å². The van der Waals surface area contributed by atoms with Gasteiger partial charge in [0.25, 0.3) is 0 Å². The summed E-state index contributed by atoms with van der Waals surface area (Å²) >= 11 is 0. The molecule has 0 N–H and O–H groups in total. The maximum Gasteiger partial charge on any atom is 0.340 e. The summed E-state index contributed by atoms with van der Waals surface area (Å²) in [4.78, 5) is 48.7. The number of ether oxygens (including phenoxy) is 3. The average molecular weight is 413 g/mol. The van der Waals surface area contributed by atoms with Crippen molar-refractivity contribution in [3.05, 3.63) is 48.2 Å². The molecule has 8 nitrogen and oxygen atoms in total. The van der Waals surface area contributed by atoms with Crippen molar-refractivity contribution in [3.8, 4) is 0 Å². The average Bonchev–Trinajstić information content (AvgIpc) is 3.38. The SMILES string of the molecule is COC(=O)c1cn(C(=O)CC/C=C/C2CC2(C(=O)OC)C(=O)OC)c2ccccc12. The summed E-state index contributed by atoms with van der Waals surface area (Å²) in [6.07, 6.45) is 5.92. The Hall–Kier alpha value is -3.42. The molecule has 3 rings (SSSR count). The summed E-state index contributed by atoms with van der Waals surface area (Å²) in [6, 6.07) is 7.11. The molecular formula is C22H23NO7. The number of aromatic nitrogens is 1. The van der Waals surface area contributed by atoms with Gasteiger partial charge in [0.05, 0.1) is 32.4 Å². The first-order chi connectivity index (χ1) is 14.4. The third-order valence-electron chi connectivity index (χ3n) is 5.39. The summed E-state index contributed by atoms with van der Waals surface area (Å²) in [5, 5.41) is 0.646. The molecule has 1 fully saturated rings. The largest absolute Gasteiger partial charge is 0.468 e. The van der Waals surface area contributed by atoms with Crippen LogP contribution in [0.5, 0.6) is 0 Å². The summed E-state index contributed by atoms with van der Waals surface area (Å²) in [5.41, 5.74) is -0.323. The molecule has 1 heterocycles. The smallest absolute Gasteiger partial charge is 0.340 e. The fourth-order valence-corrected chi connectivity index (χ4v) is 3.68. The van der Waals surface area contributed by atoms with Crippen LogP contribution in [0.2, 0.25) is 0 Å². The van der Waals surface area contributed by atoms with E-state index in [4.69, 9.17) is 14.2 Å². The van der Waals surface area contributed by atoms with Gasteiger partial charge in [-0.1, -0.05) is 30.4 Å². The van der Waals surface area contributed by atoms with E-state index in [0.29, 0.717) is 29.3 Å². The van der Waals surface area contributed by atoms with Crippen LogP contribution in [0.15, 0.2) is 42.6 Å². The number of rotatable bonds is 7. The molecule has 1 saturated carbocycles. The second-order valence-electron chi connectivity index (χ2n) is 7.05. The van der Waals surface area contributed by atoms with Crippen molar-refractivity contribution in [2.75, 3.05) is 21.3 Å². The molecule has 1 aliphatic rings. The zero-order valence-corrected chi connectivity index (χ0v) is 17.0. The molecule has 0 bridgehead atoms. The Morgan fingerprint density at radius 1 is 1.07 bits per heavy atom. The van der Waals surface area contributed by atoms with E-state index in [1.807, 2.05) is 0 Å². The zero-order valence-electron chi connectivity index (χ0n) is 17.0. The Morgan fingerprint density at radius 2 is 1.73 bits per heavy atom. The van der Waals surface area contributed by atoms with Crippen LogP contribution in [0.25, 0.3) is 10.9 Å². The number of benzene rings is 1. The molecule has 0 aliphatic heterocycles. The third kappa shape index (κ3) is 3.60. The van der Waals surface area contributed by atoms with E-state index in [0.717, 1.165) is 0 Å². The number of hydrogen-bond acceptors (Lipinski definition) is 7. The van der Waals surface area contributed by atoms with Gasteiger partial charge in [-0.2, -0.15) is 0 Å². The number of para-hydroxylation sites is 1. The lowest BCUT2D eigenvalue weighted by Gasteiger charge is -2.10. The highest BCUT2D eigenvalue weighted by Gasteiger charge is 2.66. The number of fused-ring (bicyclic) bond motifs is 1. The molecule has 0 spiro atoms. The number of allylic oxidation sites excluding steroid dienone is 2. The van der Waals surface area contributed by atoms with Gasteiger partial charge in [0.2, 0.25) is 5.91 Å². The number of carbonyl (C=O) groups excluding carboxylic acids is 4. The molecule has 0 radical (unpaired) electrons. The lowest BCUT2D eigenvalue weighted by Crippen LogP contribution is -2.30. The number of carbonyl (C=O) groups is 4. The van der Waals surface area contributed by atoms with E-state index in [2.05, 4.69) is 0 Å². The predicted molar refractivity (Wildman–Crippen MR) is 107 cm³/mol. The minimum atomic E-state index is -1.28. The van der Waals surface area contributed by atoms with Gasteiger partial charge in [0.1, 0.15) is 0 Å². The second kappa shape index (κ2) is 8.52. The highest BCUT2D eigenvalue weighted by atomic mass is 16.5. The fourth-order valence-electron chi connectivity index (χ4n) is 3.68. The van der Waals surface area contributed by atoms with Crippen molar-refractivity contribution in [3.63, 3.8) is 0 Å². The summed E-state index contributed by atoms with van der Waals surface area (Å²) < 4.78 is 15.7. The molecular weight excluding hydrogens is 390 g/mol. The summed E-state index contributed by atoms with van der Waals surface area (Å²) in [7, 11) is 3.76. The van der Waals surface area contributed by atoms with Gasteiger partial charge in [0.15, 0.2) is 5.41 Å². The predicted octanol–water partition coefficient (Wildman–Crippen LogP) is 2.76. The molecule has 2 aromatic rings. The molecule has 0 amide bonds. The Bertz CT molecular complexity index is 1020. The van der Waals surface area contributed by atoms with Gasteiger partial charge in [-0.25, -0.2) is 4.79 Å². The lowest BCUT2D eigenvalue weighted by atomic mass is 10.0. The van der Waals surface area contributed by atoms with Crippen LogP contribution < -0.4 is 0 Å². The molecule has 30 heavy (non-hydrogen) atoms. The number of methoxy groups -OCH3 is 3. The van der Waals surface area contributed by atoms with Crippen LogP contribution in [-0.2, 0) is 23.8 Å². The van der Waals surface area contributed by atoms with Crippen LogP contribution >= 0.6 is 0 Å². The first-order valence-corrected chi connectivity index (χ1v) is 9.45. The first-order valence-electron chi connectivity index (χ1n) is 9.45. The number of esters is 3. The van der Waals surface area contributed by atoms with Crippen molar-refractivity contribution in [2.24, 2.45) is 11.3 Å². The van der Waals surface area contributed by atoms with Gasteiger partial charge in [-0.3, -0.25) is 19.0 Å². The molecule has 1 aromatic heterocycles. The topological polar surface area (TPSA) is 101 Å². The fraction of sp³-hybridized carbons (Fsp3) is 0.364. The molecule has 8 heteroatoms. The molecule has 1 aromatic carbocycles. The quantitative estimate of drug-likeness (QED) is 0.298. The standard InChI is InChI=1S/C22H23NO7/c1-28-19(25)16-13-23(17-10-6-5-9-15(16)17)18(24)11-7-4-8-14-12-22(14,20(26)29-2)21(27)30-3/h4-6,8-10,13-14H,7,11-12H2,1-3H3/b8-4+. The van der Waals surface area contributed by atoms with Crippen LogP contribution in [-0.4, -0.2) is 49.7 Å². The van der Waals surface area contributed by atoms with Gasteiger partial charge >= 0.3 is 17.9 Å². The van der Waals surface area contributed by atoms with Crippen LogP contribution in [0.1, 0.15) is 34.4 Å². The Kier molecular flexibility index (Phi) is 6.05. The zero-order chi connectivity index (χ0) is 21.9. The van der Waals surface area contributed by atoms with Crippen LogP contribution in [0, 0.1) is 11.3 Å². The summed E-state index contributed by atoms with van der Waals surface area (Å²) in [5.74, 6) is -2.24. The van der Waals surface area contributed by atoms with Gasteiger partial charge in [-0.15, -0.1) is 0 Å². The molecule has 0 saturated heterocycles. The third-order valence-corrected chi connectivity index (χ3v) is 5.39.